The van der Waals surface area contributed by atoms with Crippen molar-refractivity contribution < 1.29 is 27.6 Å². The van der Waals surface area contributed by atoms with E-state index in [2.05, 4.69) is 10.5 Å². The van der Waals surface area contributed by atoms with E-state index in [4.69, 9.17) is 21.4 Å². The Balaban J connectivity index is 2.36. The van der Waals surface area contributed by atoms with E-state index in [0.29, 0.717) is 6.07 Å². The zero-order chi connectivity index (χ0) is 18.8. The van der Waals surface area contributed by atoms with Gasteiger partial charge in [-0.15, -0.1) is 0 Å². The molecule has 130 valence electrons. The SMILES string of the molecule is Cc1oncc1/C(O)=C(\C#N)C(=O)Nc1ccc(Cl)c(C(F)(F)F)c1. The summed E-state index contributed by atoms with van der Waals surface area (Å²) >= 11 is 5.49. The molecule has 6 nitrogen and oxygen atoms in total. The van der Waals surface area contributed by atoms with Gasteiger partial charge in [-0.3, -0.25) is 4.79 Å². The number of carbonyl (C=O) groups excluding carboxylic acids is 1. The second-order valence-corrected chi connectivity index (χ2v) is 5.18. The van der Waals surface area contributed by atoms with Crippen LogP contribution >= 0.6 is 11.6 Å². The molecule has 0 saturated carbocycles. The van der Waals surface area contributed by atoms with Crippen molar-refractivity contribution in [1.82, 2.24) is 5.16 Å². The summed E-state index contributed by atoms with van der Waals surface area (Å²) < 4.78 is 43.2. The fourth-order valence-corrected chi connectivity index (χ4v) is 2.11. The van der Waals surface area contributed by atoms with Crippen LogP contribution in [0.15, 0.2) is 34.5 Å². The van der Waals surface area contributed by atoms with Gasteiger partial charge in [-0.05, 0) is 25.1 Å². The van der Waals surface area contributed by atoms with Crippen LogP contribution in [0.1, 0.15) is 16.9 Å². The zero-order valence-corrected chi connectivity index (χ0v) is 13.2. The number of hydrogen-bond donors (Lipinski definition) is 2. The van der Waals surface area contributed by atoms with Crippen molar-refractivity contribution in [3.8, 4) is 6.07 Å². The zero-order valence-electron chi connectivity index (χ0n) is 12.5. The van der Waals surface area contributed by atoms with Crippen molar-refractivity contribution in [2.45, 2.75) is 13.1 Å². The first kappa shape index (κ1) is 18.4. The van der Waals surface area contributed by atoms with Crippen molar-refractivity contribution in [3.63, 3.8) is 0 Å². The van der Waals surface area contributed by atoms with Crippen LogP contribution in [0, 0.1) is 18.3 Å². The van der Waals surface area contributed by atoms with Gasteiger partial charge >= 0.3 is 6.18 Å². The van der Waals surface area contributed by atoms with Crippen molar-refractivity contribution >= 4 is 29.0 Å². The first-order chi connectivity index (χ1) is 11.6. The average molecular weight is 372 g/mol. The number of aryl methyl sites for hydroxylation is 1. The van der Waals surface area contributed by atoms with E-state index in [9.17, 15) is 23.1 Å². The van der Waals surface area contributed by atoms with Crippen LogP contribution < -0.4 is 5.32 Å². The molecule has 0 aliphatic carbocycles. The monoisotopic (exact) mass is 371 g/mol. The molecule has 0 fully saturated rings. The molecule has 1 heterocycles. The number of amides is 1. The van der Waals surface area contributed by atoms with Gasteiger partial charge in [-0.1, -0.05) is 16.8 Å². The summed E-state index contributed by atoms with van der Waals surface area (Å²) in [6.45, 7) is 1.44. The molecule has 0 radical (unpaired) electrons. The number of rotatable bonds is 3. The third-order valence-electron chi connectivity index (χ3n) is 3.11. The molecule has 0 aliphatic heterocycles. The number of anilines is 1. The van der Waals surface area contributed by atoms with Gasteiger partial charge in [0.15, 0.2) is 11.3 Å². The minimum Gasteiger partial charge on any atom is -0.506 e. The number of carbonyl (C=O) groups is 1. The van der Waals surface area contributed by atoms with Gasteiger partial charge in [-0.25, -0.2) is 0 Å². The number of aromatic nitrogens is 1. The van der Waals surface area contributed by atoms with E-state index in [1.807, 2.05) is 0 Å². The first-order valence-corrected chi connectivity index (χ1v) is 6.96. The number of aliphatic hydroxyl groups excluding tert-OH is 1. The summed E-state index contributed by atoms with van der Waals surface area (Å²) in [5.74, 6) is -1.65. The molecule has 0 spiro atoms. The number of nitriles is 1. The molecule has 2 aromatic rings. The predicted molar refractivity (Wildman–Crippen MR) is 81.5 cm³/mol. The fourth-order valence-electron chi connectivity index (χ4n) is 1.89. The van der Waals surface area contributed by atoms with Crippen molar-refractivity contribution in [2.24, 2.45) is 0 Å². The second-order valence-electron chi connectivity index (χ2n) is 4.78. The molecule has 0 aliphatic rings. The minimum absolute atomic E-state index is 0.0128. The Hall–Kier alpha value is -2.99. The number of nitrogens with zero attached hydrogens (tertiary/aromatic N) is 2. The van der Waals surface area contributed by atoms with E-state index < -0.39 is 34.0 Å². The van der Waals surface area contributed by atoms with Gasteiger partial charge in [0.1, 0.15) is 11.8 Å². The Labute approximate surface area is 144 Å². The summed E-state index contributed by atoms with van der Waals surface area (Å²) in [5, 5.41) is 24.1. The van der Waals surface area contributed by atoms with Crippen LogP contribution in [0.2, 0.25) is 5.02 Å². The van der Waals surface area contributed by atoms with Crippen molar-refractivity contribution in [2.75, 3.05) is 5.32 Å². The van der Waals surface area contributed by atoms with Crippen LogP contribution in [0.3, 0.4) is 0 Å². The van der Waals surface area contributed by atoms with Crippen molar-refractivity contribution in [1.29, 1.82) is 5.26 Å². The Morgan fingerprint density at radius 1 is 1.44 bits per heavy atom. The van der Waals surface area contributed by atoms with E-state index in [1.54, 1.807) is 0 Å². The van der Waals surface area contributed by atoms with Gasteiger partial charge in [0, 0.05) is 5.69 Å². The maximum absolute atomic E-state index is 12.8. The maximum atomic E-state index is 12.8. The highest BCUT2D eigenvalue weighted by atomic mass is 35.5. The highest BCUT2D eigenvalue weighted by molar-refractivity contribution is 6.31. The van der Waals surface area contributed by atoms with Gasteiger partial charge in [0.05, 0.1) is 22.3 Å². The molecular formula is C15H9ClF3N3O3. The normalized spacial score (nSPS) is 12.3. The van der Waals surface area contributed by atoms with Crippen LogP contribution in [0.5, 0.6) is 0 Å². The molecule has 0 saturated heterocycles. The maximum Gasteiger partial charge on any atom is 0.417 e. The summed E-state index contributed by atoms with van der Waals surface area (Å²) in [4.78, 5) is 12.1. The number of benzene rings is 1. The quantitative estimate of drug-likeness (QED) is 0.481. The van der Waals surface area contributed by atoms with Crippen LogP contribution in [0.4, 0.5) is 18.9 Å². The van der Waals surface area contributed by atoms with E-state index in [-0.39, 0.29) is 17.0 Å². The number of alkyl halides is 3. The van der Waals surface area contributed by atoms with Crippen molar-refractivity contribution in [3.05, 3.63) is 51.9 Å². The van der Waals surface area contributed by atoms with E-state index in [1.165, 1.54) is 13.0 Å². The van der Waals surface area contributed by atoms with Crippen LogP contribution in [0.25, 0.3) is 5.76 Å². The lowest BCUT2D eigenvalue weighted by molar-refractivity contribution is -0.137. The molecule has 2 N–H and O–H groups in total. The second kappa shape index (κ2) is 6.86. The highest BCUT2D eigenvalue weighted by Gasteiger charge is 2.33. The predicted octanol–water partition coefficient (Wildman–Crippen LogP) is 4.09. The first-order valence-electron chi connectivity index (χ1n) is 6.58. The lowest BCUT2D eigenvalue weighted by atomic mass is 10.1. The van der Waals surface area contributed by atoms with Gasteiger partial charge < -0.3 is 14.9 Å². The van der Waals surface area contributed by atoms with Crippen LogP contribution in [-0.4, -0.2) is 16.2 Å². The molecule has 0 unspecified atom stereocenters. The molecule has 25 heavy (non-hydrogen) atoms. The summed E-state index contributed by atoms with van der Waals surface area (Å²) in [7, 11) is 0. The topological polar surface area (TPSA) is 99.2 Å². The smallest absolute Gasteiger partial charge is 0.417 e. The lowest BCUT2D eigenvalue weighted by Gasteiger charge is -2.11. The number of nitrogens with one attached hydrogen (secondary N) is 1. The van der Waals surface area contributed by atoms with Crippen LogP contribution in [-0.2, 0) is 11.0 Å². The molecule has 10 heteroatoms. The third kappa shape index (κ3) is 3.92. The van der Waals surface area contributed by atoms with Gasteiger partial charge in [0.2, 0.25) is 0 Å². The molecular weight excluding hydrogens is 363 g/mol. The minimum atomic E-state index is -4.71. The summed E-state index contributed by atoms with van der Waals surface area (Å²) in [5.41, 5.74) is -2.09. The van der Waals surface area contributed by atoms with Gasteiger partial charge in [-0.2, -0.15) is 18.4 Å². The number of hydrogen-bond acceptors (Lipinski definition) is 5. The number of halogens is 4. The third-order valence-corrected chi connectivity index (χ3v) is 3.44. The summed E-state index contributed by atoms with van der Waals surface area (Å²) in [6.07, 6.45) is -3.62. The average Bonchev–Trinajstić information content (AvgIpc) is 2.94. The molecule has 0 bridgehead atoms. The largest absolute Gasteiger partial charge is 0.506 e. The van der Waals surface area contributed by atoms with E-state index >= 15 is 0 Å². The molecule has 0 atom stereocenters. The molecule has 1 aromatic carbocycles. The molecule has 1 amide bonds. The highest BCUT2D eigenvalue weighted by Crippen LogP contribution is 2.36. The van der Waals surface area contributed by atoms with E-state index in [0.717, 1.165) is 18.3 Å². The Morgan fingerprint density at radius 3 is 2.64 bits per heavy atom. The fraction of sp³-hybridized carbons (Fsp3) is 0.133. The molecule has 1 aromatic heterocycles. The Kier molecular flexibility index (Phi) is 5.04. The Morgan fingerprint density at radius 2 is 2.12 bits per heavy atom. The Bertz CT molecular complexity index is 897. The lowest BCUT2D eigenvalue weighted by Crippen LogP contribution is -2.16. The summed E-state index contributed by atoms with van der Waals surface area (Å²) in [6, 6.07) is 4.20. The number of aliphatic hydroxyl groups is 1. The van der Waals surface area contributed by atoms with Gasteiger partial charge in [0.25, 0.3) is 5.91 Å². The molecule has 2 rings (SSSR count). The standard InChI is InChI=1S/C15H9ClF3N3O3/c1-7-10(6-21-25-7)13(23)9(5-20)14(24)22-8-2-3-12(16)11(4-8)15(17,18)19/h2-4,6,23H,1H3,(H,22,24)/b13-9-.